The highest BCUT2D eigenvalue weighted by Gasteiger charge is 2.38. The molecule has 23 heavy (non-hydrogen) atoms. The zero-order chi connectivity index (χ0) is 16.0. The highest BCUT2D eigenvalue weighted by Crippen LogP contribution is 2.43. The summed E-state index contributed by atoms with van der Waals surface area (Å²) in [5, 5.41) is 3.05. The molecule has 1 saturated carbocycles. The number of carbonyl (C=O) groups excluding carboxylic acids is 1. The van der Waals surface area contributed by atoms with Crippen LogP contribution in [0.25, 0.3) is 0 Å². The van der Waals surface area contributed by atoms with E-state index in [0.717, 1.165) is 18.4 Å². The van der Waals surface area contributed by atoms with Crippen molar-refractivity contribution >= 4 is 5.91 Å². The van der Waals surface area contributed by atoms with Crippen molar-refractivity contribution in [1.29, 1.82) is 0 Å². The number of nitrogens with one attached hydrogen (secondary N) is 1. The molecular formula is C20H23NO2. The summed E-state index contributed by atoms with van der Waals surface area (Å²) in [4.78, 5) is 12.0. The van der Waals surface area contributed by atoms with Gasteiger partial charge < -0.3 is 10.1 Å². The summed E-state index contributed by atoms with van der Waals surface area (Å²) >= 11 is 0. The third-order valence-corrected chi connectivity index (χ3v) is 4.67. The minimum atomic E-state index is -0.0388. The molecule has 1 N–H and O–H groups in total. The van der Waals surface area contributed by atoms with Crippen molar-refractivity contribution in [3.05, 3.63) is 71.8 Å². The van der Waals surface area contributed by atoms with Crippen molar-refractivity contribution < 1.29 is 9.53 Å². The van der Waals surface area contributed by atoms with Crippen LogP contribution in [0.2, 0.25) is 0 Å². The summed E-state index contributed by atoms with van der Waals surface area (Å²) < 4.78 is 5.49. The number of rotatable bonds is 7. The van der Waals surface area contributed by atoms with E-state index in [-0.39, 0.29) is 17.9 Å². The third kappa shape index (κ3) is 3.99. The lowest BCUT2D eigenvalue weighted by Gasteiger charge is -2.42. The molecule has 1 aliphatic rings. The number of hydrogen-bond donors (Lipinski definition) is 1. The van der Waals surface area contributed by atoms with Crippen LogP contribution in [0.3, 0.4) is 0 Å². The summed E-state index contributed by atoms with van der Waals surface area (Å²) in [6.45, 7) is 1.28. The van der Waals surface area contributed by atoms with Gasteiger partial charge in [0, 0.05) is 12.0 Å². The maximum Gasteiger partial charge on any atom is 0.246 e. The summed E-state index contributed by atoms with van der Waals surface area (Å²) in [7, 11) is 0. The number of carbonyl (C=O) groups is 1. The minimum absolute atomic E-state index is 0.0388. The van der Waals surface area contributed by atoms with Gasteiger partial charge in [0.05, 0.1) is 6.61 Å². The van der Waals surface area contributed by atoms with Crippen LogP contribution < -0.4 is 5.32 Å². The Bertz CT molecular complexity index is 621. The van der Waals surface area contributed by atoms with Crippen molar-refractivity contribution in [3.63, 3.8) is 0 Å². The normalized spacial score (nSPS) is 15.7. The Balaban J connectivity index is 1.45. The Hall–Kier alpha value is -2.13. The van der Waals surface area contributed by atoms with Gasteiger partial charge in [-0.05, 0) is 24.0 Å². The first-order valence-electron chi connectivity index (χ1n) is 8.22. The molecule has 0 heterocycles. The van der Waals surface area contributed by atoms with Crippen LogP contribution in [0, 0.1) is 0 Å². The van der Waals surface area contributed by atoms with Crippen LogP contribution in [-0.4, -0.2) is 19.1 Å². The molecule has 2 aromatic carbocycles. The lowest BCUT2D eigenvalue weighted by Crippen LogP contribution is -2.46. The number of amides is 1. The van der Waals surface area contributed by atoms with Gasteiger partial charge in [-0.15, -0.1) is 0 Å². The third-order valence-electron chi connectivity index (χ3n) is 4.67. The van der Waals surface area contributed by atoms with Crippen molar-refractivity contribution in [2.45, 2.75) is 31.3 Å². The first kappa shape index (κ1) is 15.8. The Kier molecular flexibility index (Phi) is 5.09. The zero-order valence-electron chi connectivity index (χ0n) is 13.3. The van der Waals surface area contributed by atoms with Crippen LogP contribution in [-0.2, 0) is 21.6 Å². The molecule has 0 unspecified atom stereocenters. The van der Waals surface area contributed by atoms with E-state index in [2.05, 4.69) is 29.6 Å². The highest BCUT2D eigenvalue weighted by molar-refractivity contribution is 5.77. The van der Waals surface area contributed by atoms with Crippen molar-refractivity contribution in [1.82, 2.24) is 5.32 Å². The second-order valence-corrected chi connectivity index (χ2v) is 6.26. The number of ether oxygens (including phenoxy) is 1. The first-order chi connectivity index (χ1) is 11.3. The highest BCUT2D eigenvalue weighted by atomic mass is 16.5. The minimum Gasteiger partial charge on any atom is -0.367 e. The van der Waals surface area contributed by atoms with E-state index in [9.17, 15) is 4.79 Å². The Morgan fingerprint density at radius 2 is 1.65 bits per heavy atom. The number of hydrogen-bond acceptors (Lipinski definition) is 2. The van der Waals surface area contributed by atoms with Crippen LogP contribution >= 0.6 is 0 Å². The van der Waals surface area contributed by atoms with E-state index in [0.29, 0.717) is 13.2 Å². The van der Waals surface area contributed by atoms with Crippen molar-refractivity contribution in [2.75, 3.05) is 13.2 Å². The molecule has 1 fully saturated rings. The molecule has 3 nitrogen and oxygen atoms in total. The fourth-order valence-corrected chi connectivity index (χ4v) is 3.12. The molecule has 1 aliphatic carbocycles. The maximum atomic E-state index is 12.0. The van der Waals surface area contributed by atoms with Gasteiger partial charge in [0.15, 0.2) is 0 Å². The summed E-state index contributed by atoms with van der Waals surface area (Å²) in [6.07, 6.45) is 3.51. The molecule has 0 spiro atoms. The molecule has 120 valence electrons. The van der Waals surface area contributed by atoms with E-state index in [4.69, 9.17) is 4.74 Å². The van der Waals surface area contributed by atoms with Gasteiger partial charge in [-0.3, -0.25) is 4.79 Å². The summed E-state index contributed by atoms with van der Waals surface area (Å²) in [6, 6.07) is 20.4. The van der Waals surface area contributed by atoms with Gasteiger partial charge in [-0.2, -0.15) is 0 Å². The fourth-order valence-electron chi connectivity index (χ4n) is 3.12. The van der Waals surface area contributed by atoms with Gasteiger partial charge in [0.2, 0.25) is 5.91 Å². The number of benzene rings is 2. The van der Waals surface area contributed by atoms with Crippen LogP contribution in [0.4, 0.5) is 0 Å². The molecule has 0 radical (unpaired) electrons. The monoisotopic (exact) mass is 309 g/mol. The maximum absolute atomic E-state index is 12.0. The van der Waals surface area contributed by atoms with Crippen molar-refractivity contribution in [2.24, 2.45) is 0 Å². The molecule has 0 bridgehead atoms. The van der Waals surface area contributed by atoms with E-state index in [1.54, 1.807) is 0 Å². The van der Waals surface area contributed by atoms with Gasteiger partial charge in [-0.25, -0.2) is 0 Å². The van der Waals surface area contributed by atoms with Crippen LogP contribution in [0.5, 0.6) is 0 Å². The fraction of sp³-hybridized carbons (Fsp3) is 0.350. The molecule has 3 rings (SSSR count). The van der Waals surface area contributed by atoms with E-state index >= 15 is 0 Å². The quantitative estimate of drug-likeness (QED) is 0.851. The van der Waals surface area contributed by atoms with E-state index < -0.39 is 0 Å². The topological polar surface area (TPSA) is 38.3 Å². The van der Waals surface area contributed by atoms with Crippen molar-refractivity contribution in [3.8, 4) is 0 Å². The van der Waals surface area contributed by atoms with Crippen LogP contribution in [0.1, 0.15) is 30.4 Å². The average molecular weight is 309 g/mol. The molecule has 0 aliphatic heterocycles. The van der Waals surface area contributed by atoms with Gasteiger partial charge in [0.25, 0.3) is 0 Å². The standard InChI is InChI=1S/C20H23NO2/c22-19(15-23-14-17-8-3-1-4-9-17)21-16-20(12-7-13-20)18-10-5-2-6-11-18/h1-6,8-11H,7,12-16H2,(H,21,22). The second-order valence-electron chi connectivity index (χ2n) is 6.26. The first-order valence-corrected chi connectivity index (χ1v) is 8.22. The van der Waals surface area contributed by atoms with Gasteiger partial charge in [-0.1, -0.05) is 67.1 Å². The predicted octanol–water partition coefficient (Wildman–Crippen LogP) is 3.44. The smallest absolute Gasteiger partial charge is 0.246 e. The predicted molar refractivity (Wildman–Crippen MR) is 91.1 cm³/mol. The average Bonchev–Trinajstić information content (AvgIpc) is 2.56. The Morgan fingerprint density at radius 1 is 1.00 bits per heavy atom. The van der Waals surface area contributed by atoms with E-state index in [1.165, 1.54) is 12.0 Å². The zero-order valence-corrected chi connectivity index (χ0v) is 13.3. The Labute approximate surface area is 137 Å². The molecule has 0 aromatic heterocycles. The molecule has 0 saturated heterocycles. The van der Waals surface area contributed by atoms with Gasteiger partial charge >= 0.3 is 0 Å². The molecule has 2 aromatic rings. The lowest BCUT2D eigenvalue weighted by molar-refractivity contribution is -0.126. The molecular weight excluding hydrogens is 286 g/mol. The van der Waals surface area contributed by atoms with E-state index in [1.807, 2.05) is 36.4 Å². The summed E-state index contributed by atoms with van der Waals surface area (Å²) in [5.74, 6) is -0.0388. The summed E-state index contributed by atoms with van der Waals surface area (Å²) in [5.41, 5.74) is 2.54. The Morgan fingerprint density at radius 3 is 2.26 bits per heavy atom. The van der Waals surface area contributed by atoms with Gasteiger partial charge in [0.1, 0.15) is 6.61 Å². The lowest BCUT2D eigenvalue weighted by atomic mass is 9.64. The SMILES string of the molecule is O=C(COCc1ccccc1)NCC1(c2ccccc2)CCC1. The molecule has 3 heteroatoms. The molecule has 1 amide bonds. The largest absolute Gasteiger partial charge is 0.367 e. The molecule has 0 atom stereocenters. The second kappa shape index (κ2) is 7.42. The van der Waals surface area contributed by atoms with Crippen LogP contribution in [0.15, 0.2) is 60.7 Å².